The molecule has 1 rings (SSSR count). The Hall–Kier alpha value is -2.16. The van der Waals surface area contributed by atoms with Gasteiger partial charge in [-0.05, 0) is 12.8 Å². The van der Waals surface area contributed by atoms with Gasteiger partial charge in [-0.1, -0.05) is 0 Å². The molecule has 21 heavy (non-hydrogen) atoms. The lowest BCUT2D eigenvalue weighted by atomic mass is 10.2. The summed E-state index contributed by atoms with van der Waals surface area (Å²) >= 11 is 0. The van der Waals surface area contributed by atoms with Crippen LogP contribution in [-0.4, -0.2) is 69.2 Å². The second-order valence-corrected chi connectivity index (χ2v) is 4.48. The third-order valence-corrected chi connectivity index (χ3v) is 2.80. The summed E-state index contributed by atoms with van der Waals surface area (Å²) in [4.78, 5) is 43.1. The van der Waals surface area contributed by atoms with Crippen LogP contribution in [0, 0.1) is 0 Å². The first-order valence-corrected chi connectivity index (χ1v) is 6.31. The third kappa shape index (κ3) is 6.70. The molecule has 2 amide bonds. The van der Waals surface area contributed by atoms with Crippen molar-refractivity contribution >= 4 is 23.8 Å². The molecule has 1 aliphatic heterocycles. The minimum Gasteiger partial charge on any atom is -0.480 e. The van der Waals surface area contributed by atoms with Crippen molar-refractivity contribution in [1.82, 2.24) is 10.2 Å². The number of hydrogen-bond acceptors (Lipinski definition) is 5. The zero-order chi connectivity index (χ0) is 16.6. The molecule has 120 valence electrons. The molecule has 0 radical (unpaired) electrons. The first-order valence-electron chi connectivity index (χ1n) is 6.31. The molecule has 1 saturated heterocycles. The minimum absolute atomic E-state index is 0.144. The van der Waals surface area contributed by atoms with Gasteiger partial charge in [0, 0.05) is 20.4 Å². The number of rotatable bonds is 4. The lowest BCUT2D eigenvalue weighted by Crippen LogP contribution is -2.42. The summed E-state index contributed by atoms with van der Waals surface area (Å²) in [6, 6.07) is -1.76. The van der Waals surface area contributed by atoms with E-state index in [-0.39, 0.29) is 5.91 Å². The number of nitrogens with one attached hydrogen (secondary N) is 1. The summed E-state index contributed by atoms with van der Waals surface area (Å²) in [5.41, 5.74) is 0. The van der Waals surface area contributed by atoms with Crippen molar-refractivity contribution in [2.45, 2.75) is 38.8 Å². The van der Waals surface area contributed by atoms with Gasteiger partial charge in [-0.2, -0.15) is 0 Å². The van der Waals surface area contributed by atoms with Crippen molar-refractivity contribution < 1.29 is 34.5 Å². The normalized spacial score (nSPS) is 18.2. The van der Waals surface area contributed by atoms with Crippen LogP contribution >= 0.6 is 0 Å². The second-order valence-electron chi connectivity index (χ2n) is 4.48. The van der Waals surface area contributed by atoms with Crippen molar-refractivity contribution in [3.8, 4) is 0 Å². The average Bonchev–Trinajstić information content (AvgIpc) is 2.85. The molecule has 0 bridgehead atoms. The lowest BCUT2D eigenvalue weighted by Gasteiger charge is -2.18. The number of aliphatic hydroxyl groups is 1. The number of likely N-dealkylation sites (tertiary alicyclic amines) is 1. The number of nitrogens with zero attached hydrogens (tertiary/aromatic N) is 1. The van der Waals surface area contributed by atoms with E-state index in [1.807, 2.05) is 5.32 Å². The number of carboxylic acid groups (broad SMARTS) is 2. The topological polar surface area (TPSA) is 144 Å². The van der Waals surface area contributed by atoms with Gasteiger partial charge in [-0.15, -0.1) is 0 Å². The summed E-state index contributed by atoms with van der Waals surface area (Å²) in [6.45, 7) is 2.59. The van der Waals surface area contributed by atoms with E-state index < -0.39 is 36.5 Å². The minimum atomic E-state index is -1.24. The maximum absolute atomic E-state index is 10.8. The highest BCUT2D eigenvalue weighted by Gasteiger charge is 2.31. The van der Waals surface area contributed by atoms with Gasteiger partial charge in [-0.3, -0.25) is 9.59 Å². The molecule has 0 saturated carbocycles. The predicted molar refractivity (Wildman–Crippen MR) is 70.4 cm³/mol. The van der Waals surface area contributed by atoms with Crippen molar-refractivity contribution in [2.75, 3.05) is 13.2 Å². The van der Waals surface area contributed by atoms with E-state index in [9.17, 15) is 19.2 Å². The van der Waals surface area contributed by atoms with E-state index in [1.54, 1.807) is 0 Å². The van der Waals surface area contributed by atoms with E-state index >= 15 is 0 Å². The van der Waals surface area contributed by atoms with Gasteiger partial charge in [-0.25, -0.2) is 9.59 Å². The van der Waals surface area contributed by atoms with E-state index in [0.29, 0.717) is 13.0 Å². The SMILES string of the molecule is CC(=O)N1CCC[C@H]1C(=O)O.CC(=O)N[C@@H](CO)C(=O)O. The largest absolute Gasteiger partial charge is 0.480 e. The molecular formula is C12H20N2O7. The van der Waals surface area contributed by atoms with Crippen LogP contribution in [0.3, 0.4) is 0 Å². The van der Waals surface area contributed by atoms with Crippen LogP contribution in [0.25, 0.3) is 0 Å². The fraction of sp³-hybridized carbons (Fsp3) is 0.667. The lowest BCUT2D eigenvalue weighted by molar-refractivity contribution is -0.147. The number of hydrogen-bond donors (Lipinski definition) is 4. The van der Waals surface area contributed by atoms with Crippen LogP contribution < -0.4 is 5.32 Å². The molecule has 0 unspecified atom stereocenters. The van der Waals surface area contributed by atoms with Crippen LogP contribution in [0.1, 0.15) is 26.7 Å². The van der Waals surface area contributed by atoms with E-state index in [0.717, 1.165) is 6.42 Å². The Morgan fingerprint density at radius 1 is 1.24 bits per heavy atom. The monoisotopic (exact) mass is 304 g/mol. The molecule has 1 fully saturated rings. The molecule has 0 aromatic carbocycles. The van der Waals surface area contributed by atoms with Gasteiger partial charge in [0.15, 0.2) is 0 Å². The first kappa shape index (κ1) is 18.8. The highest BCUT2D eigenvalue weighted by molar-refractivity contribution is 5.83. The van der Waals surface area contributed by atoms with Crippen LogP contribution in [0.5, 0.6) is 0 Å². The number of carbonyl (C=O) groups is 4. The molecular weight excluding hydrogens is 284 g/mol. The van der Waals surface area contributed by atoms with Gasteiger partial charge in [0.2, 0.25) is 11.8 Å². The number of amides is 2. The molecule has 1 heterocycles. The molecule has 0 aliphatic carbocycles. The van der Waals surface area contributed by atoms with Crippen LogP contribution in [0.2, 0.25) is 0 Å². The van der Waals surface area contributed by atoms with Gasteiger partial charge >= 0.3 is 11.9 Å². The van der Waals surface area contributed by atoms with E-state index in [1.165, 1.54) is 18.7 Å². The van der Waals surface area contributed by atoms with Crippen molar-refractivity contribution in [3.63, 3.8) is 0 Å². The standard InChI is InChI=1S/C7H11NO3.C5H9NO4/c1-5(9)8-4-2-3-6(8)7(10)11;1-3(8)6-4(2-7)5(9)10/h6H,2-4H2,1H3,(H,10,11);4,7H,2H2,1H3,(H,6,8)(H,9,10)/t6-;4-/m00/s1. The summed E-state index contributed by atoms with van der Waals surface area (Å²) in [5, 5.41) is 27.3. The molecule has 2 atom stereocenters. The summed E-state index contributed by atoms with van der Waals surface area (Å²) < 4.78 is 0. The Balaban J connectivity index is 0.000000384. The highest BCUT2D eigenvalue weighted by Crippen LogP contribution is 2.16. The van der Waals surface area contributed by atoms with E-state index in [4.69, 9.17) is 15.3 Å². The summed E-state index contributed by atoms with van der Waals surface area (Å²) in [6.07, 6.45) is 1.39. The quantitative estimate of drug-likeness (QED) is 0.502. The molecule has 9 nitrogen and oxygen atoms in total. The zero-order valence-electron chi connectivity index (χ0n) is 11.9. The zero-order valence-corrected chi connectivity index (χ0v) is 11.9. The molecule has 4 N–H and O–H groups in total. The van der Waals surface area contributed by atoms with Crippen molar-refractivity contribution in [3.05, 3.63) is 0 Å². The van der Waals surface area contributed by atoms with Gasteiger partial charge in [0.1, 0.15) is 12.1 Å². The van der Waals surface area contributed by atoms with Crippen molar-refractivity contribution in [1.29, 1.82) is 0 Å². The molecule has 0 aromatic rings. The number of aliphatic carboxylic acids is 2. The fourth-order valence-corrected chi connectivity index (χ4v) is 1.83. The van der Waals surface area contributed by atoms with Gasteiger partial charge < -0.3 is 25.5 Å². The Kier molecular flexibility index (Phi) is 7.99. The first-order chi connectivity index (χ1) is 9.70. The summed E-state index contributed by atoms with van der Waals surface area (Å²) in [5.74, 6) is -2.74. The van der Waals surface area contributed by atoms with Crippen LogP contribution in [0.4, 0.5) is 0 Å². The number of aliphatic hydroxyl groups excluding tert-OH is 1. The molecule has 9 heteroatoms. The molecule has 0 aromatic heterocycles. The van der Waals surface area contributed by atoms with Crippen LogP contribution in [0.15, 0.2) is 0 Å². The maximum Gasteiger partial charge on any atom is 0.328 e. The smallest absolute Gasteiger partial charge is 0.328 e. The van der Waals surface area contributed by atoms with E-state index in [2.05, 4.69) is 0 Å². The van der Waals surface area contributed by atoms with Crippen LogP contribution in [-0.2, 0) is 19.2 Å². The Labute approximate surface area is 121 Å². The molecule has 0 spiro atoms. The highest BCUT2D eigenvalue weighted by atomic mass is 16.4. The van der Waals surface area contributed by atoms with Crippen molar-refractivity contribution in [2.24, 2.45) is 0 Å². The van der Waals surface area contributed by atoms with Gasteiger partial charge in [0.25, 0.3) is 0 Å². The second kappa shape index (κ2) is 8.90. The summed E-state index contributed by atoms with van der Waals surface area (Å²) in [7, 11) is 0. The Morgan fingerprint density at radius 3 is 2.05 bits per heavy atom. The Morgan fingerprint density at radius 2 is 1.81 bits per heavy atom. The number of carbonyl (C=O) groups excluding carboxylic acids is 2. The maximum atomic E-state index is 10.8. The third-order valence-electron chi connectivity index (χ3n) is 2.80. The Bertz CT molecular complexity index is 390. The molecule has 1 aliphatic rings. The average molecular weight is 304 g/mol. The fourth-order valence-electron chi connectivity index (χ4n) is 1.83. The van der Waals surface area contributed by atoms with Gasteiger partial charge in [0.05, 0.1) is 6.61 Å². The predicted octanol–water partition coefficient (Wildman–Crippen LogP) is -1.35. The number of carboxylic acids is 2.